The van der Waals surface area contributed by atoms with Crippen LogP contribution in [-0.2, 0) is 18.3 Å². The summed E-state index contributed by atoms with van der Waals surface area (Å²) in [6.45, 7) is 2.76. The van der Waals surface area contributed by atoms with E-state index in [9.17, 15) is 4.79 Å². The van der Waals surface area contributed by atoms with Crippen LogP contribution in [0.1, 0.15) is 37.2 Å². The molecule has 2 aromatic carbocycles. The van der Waals surface area contributed by atoms with Gasteiger partial charge in [0.1, 0.15) is 11.6 Å². The summed E-state index contributed by atoms with van der Waals surface area (Å²) in [7, 11) is 3.71. The topological polar surface area (TPSA) is 80.2 Å². The van der Waals surface area contributed by atoms with Crippen molar-refractivity contribution in [2.45, 2.75) is 38.3 Å². The lowest BCUT2D eigenvalue weighted by Gasteiger charge is -2.21. The lowest BCUT2D eigenvalue weighted by Crippen LogP contribution is -2.32. The minimum absolute atomic E-state index is 0.0888. The van der Waals surface area contributed by atoms with Crippen LogP contribution in [0.4, 0.5) is 0 Å². The fourth-order valence-corrected chi connectivity index (χ4v) is 4.34. The van der Waals surface area contributed by atoms with Gasteiger partial charge in [-0.05, 0) is 43.2 Å². The van der Waals surface area contributed by atoms with Crippen molar-refractivity contribution in [3.8, 4) is 5.75 Å². The first kappa shape index (κ1) is 21.3. The summed E-state index contributed by atoms with van der Waals surface area (Å²) >= 11 is 0. The highest BCUT2D eigenvalue weighted by atomic mass is 16.5. The van der Waals surface area contributed by atoms with Gasteiger partial charge in [-0.3, -0.25) is 10.2 Å². The number of ether oxygens (including phenoxy) is 1. The third kappa shape index (κ3) is 4.73. The van der Waals surface area contributed by atoms with E-state index in [2.05, 4.69) is 45.9 Å². The number of methoxy groups -OCH3 is 1. The first-order valence-corrected chi connectivity index (χ1v) is 10.9. The van der Waals surface area contributed by atoms with E-state index in [-0.39, 0.29) is 23.9 Å². The molecule has 0 saturated carbocycles. The van der Waals surface area contributed by atoms with Gasteiger partial charge in [0.05, 0.1) is 24.2 Å². The van der Waals surface area contributed by atoms with Crippen LogP contribution in [0.2, 0.25) is 0 Å². The van der Waals surface area contributed by atoms with Crippen LogP contribution in [0.3, 0.4) is 0 Å². The Balaban J connectivity index is 1.28. The number of benzene rings is 2. The number of aromatic nitrogens is 2. The largest absolute Gasteiger partial charge is 0.497 e. The summed E-state index contributed by atoms with van der Waals surface area (Å²) < 4.78 is 7.38. The van der Waals surface area contributed by atoms with Crippen LogP contribution in [0, 0.1) is 5.92 Å². The minimum Gasteiger partial charge on any atom is -0.497 e. The number of nitrogens with one attached hydrogen (secondary N) is 3. The van der Waals surface area contributed by atoms with Crippen LogP contribution in [0.25, 0.3) is 11.0 Å². The monoisotopic (exact) mass is 421 g/mol. The third-order valence-electron chi connectivity index (χ3n) is 6.21. The molecule has 1 amide bonds. The molecule has 0 spiro atoms. The van der Waals surface area contributed by atoms with E-state index in [4.69, 9.17) is 9.72 Å². The van der Waals surface area contributed by atoms with Crippen molar-refractivity contribution in [2.24, 2.45) is 13.0 Å². The van der Waals surface area contributed by atoms with Crippen molar-refractivity contribution < 1.29 is 9.53 Å². The lowest BCUT2D eigenvalue weighted by atomic mass is 9.87. The van der Waals surface area contributed by atoms with Gasteiger partial charge < -0.3 is 14.6 Å². The zero-order valence-electron chi connectivity index (χ0n) is 18.4. The quantitative estimate of drug-likeness (QED) is 0.488. The summed E-state index contributed by atoms with van der Waals surface area (Å²) in [5.41, 5.74) is 9.94. The van der Waals surface area contributed by atoms with E-state index in [1.54, 1.807) is 7.11 Å². The summed E-state index contributed by atoms with van der Waals surface area (Å²) in [6.07, 6.45) is 2.18. The maximum atomic E-state index is 12.6. The molecule has 4 rings (SSSR count). The summed E-state index contributed by atoms with van der Waals surface area (Å²) in [5.74, 6) is 2.14. The molecule has 1 aliphatic heterocycles. The molecule has 1 aromatic heterocycles. The Morgan fingerprint density at radius 1 is 1.16 bits per heavy atom. The molecule has 3 N–H and O–H groups in total. The molecule has 3 aromatic rings. The van der Waals surface area contributed by atoms with Crippen molar-refractivity contribution >= 4 is 16.9 Å². The number of nitrogens with zero attached hydrogens (tertiary/aromatic N) is 2. The Hall–Kier alpha value is -2.90. The first-order valence-electron chi connectivity index (χ1n) is 10.9. The number of amides is 1. The fourth-order valence-electron chi connectivity index (χ4n) is 4.34. The molecule has 2 heterocycles. The number of aryl methyl sites for hydroxylation is 2. The van der Waals surface area contributed by atoms with Gasteiger partial charge in [0.15, 0.2) is 0 Å². The van der Waals surface area contributed by atoms with Crippen LogP contribution in [0.5, 0.6) is 5.75 Å². The molecule has 1 fully saturated rings. The molecule has 0 bridgehead atoms. The minimum atomic E-state index is 0.0888. The molecular formula is C24H31N5O2. The summed E-state index contributed by atoms with van der Waals surface area (Å²) in [6, 6.07) is 16.5. The summed E-state index contributed by atoms with van der Waals surface area (Å²) in [5, 5.41) is 3.09. The summed E-state index contributed by atoms with van der Waals surface area (Å²) in [4.78, 5) is 17.3. The van der Waals surface area contributed by atoms with E-state index in [0.717, 1.165) is 41.0 Å². The Morgan fingerprint density at radius 2 is 1.94 bits per heavy atom. The van der Waals surface area contributed by atoms with Crippen LogP contribution in [-0.4, -0.2) is 35.2 Å². The number of hydrazine groups is 1. The molecule has 7 nitrogen and oxygen atoms in total. The van der Waals surface area contributed by atoms with E-state index in [1.165, 1.54) is 0 Å². The van der Waals surface area contributed by atoms with Crippen molar-refractivity contribution in [3.05, 3.63) is 59.9 Å². The highest BCUT2D eigenvalue weighted by Gasteiger charge is 2.35. The fraction of sp³-hybridized carbons (Fsp3) is 0.417. The van der Waals surface area contributed by atoms with Gasteiger partial charge in [0, 0.05) is 38.4 Å². The van der Waals surface area contributed by atoms with Crippen LogP contribution in [0.15, 0.2) is 48.5 Å². The van der Waals surface area contributed by atoms with E-state index in [0.29, 0.717) is 13.0 Å². The Labute approximate surface area is 183 Å². The van der Waals surface area contributed by atoms with Crippen LogP contribution >= 0.6 is 0 Å². The van der Waals surface area contributed by atoms with Gasteiger partial charge in [-0.2, -0.15) is 0 Å². The SMILES string of the molecule is COc1ccc(C2NNC(C)C2CC(=O)NCCCc2nc3ccccc3n2C)cc1. The average Bonchev–Trinajstić information content (AvgIpc) is 3.31. The number of fused-ring (bicyclic) bond motifs is 1. The Morgan fingerprint density at radius 3 is 2.68 bits per heavy atom. The lowest BCUT2D eigenvalue weighted by molar-refractivity contribution is -0.122. The zero-order valence-corrected chi connectivity index (χ0v) is 18.4. The Bertz CT molecular complexity index is 1030. The van der Waals surface area contributed by atoms with Gasteiger partial charge in [-0.25, -0.2) is 10.4 Å². The van der Waals surface area contributed by atoms with E-state index in [1.807, 2.05) is 37.4 Å². The molecule has 0 aliphatic carbocycles. The molecular weight excluding hydrogens is 390 g/mol. The van der Waals surface area contributed by atoms with Crippen molar-refractivity contribution in [3.63, 3.8) is 0 Å². The normalized spacial score (nSPS) is 20.8. The zero-order chi connectivity index (χ0) is 21.8. The molecule has 1 aliphatic rings. The van der Waals surface area contributed by atoms with E-state index < -0.39 is 0 Å². The number of hydrogen-bond acceptors (Lipinski definition) is 5. The number of imidazole rings is 1. The average molecular weight is 422 g/mol. The molecule has 31 heavy (non-hydrogen) atoms. The molecule has 0 radical (unpaired) electrons. The second-order valence-corrected chi connectivity index (χ2v) is 8.23. The van der Waals surface area contributed by atoms with Gasteiger partial charge in [-0.15, -0.1) is 0 Å². The van der Waals surface area contributed by atoms with Crippen molar-refractivity contribution in [1.82, 2.24) is 25.7 Å². The molecule has 3 atom stereocenters. The maximum absolute atomic E-state index is 12.6. The molecule has 7 heteroatoms. The molecule has 164 valence electrons. The van der Waals surface area contributed by atoms with Gasteiger partial charge in [0.2, 0.25) is 5.91 Å². The first-order chi connectivity index (χ1) is 15.1. The van der Waals surface area contributed by atoms with Gasteiger partial charge in [-0.1, -0.05) is 24.3 Å². The third-order valence-corrected chi connectivity index (χ3v) is 6.21. The van der Waals surface area contributed by atoms with Gasteiger partial charge in [0.25, 0.3) is 0 Å². The number of carbonyl (C=O) groups is 1. The van der Waals surface area contributed by atoms with E-state index >= 15 is 0 Å². The second-order valence-electron chi connectivity index (χ2n) is 8.23. The number of hydrogen-bond donors (Lipinski definition) is 3. The molecule has 1 saturated heterocycles. The smallest absolute Gasteiger partial charge is 0.220 e. The highest BCUT2D eigenvalue weighted by molar-refractivity contribution is 5.76. The number of carbonyl (C=O) groups excluding carboxylic acids is 1. The maximum Gasteiger partial charge on any atom is 0.220 e. The highest BCUT2D eigenvalue weighted by Crippen LogP contribution is 2.32. The predicted molar refractivity (Wildman–Crippen MR) is 122 cm³/mol. The second kappa shape index (κ2) is 9.49. The number of para-hydroxylation sites is 2. The van der Waals surface area contributed by atoms with Crippen molar-refractivity contribution in [2.75, 3.05) is 13.7 Å². The van der Waals surface area contributed by atoms with Gasteiger partial charge >= 0.3 is 0 Å². The predicted octanol–water partition coefficient (Wildman–Crippen LogP) is 2.87. The number of rotatable bonds is 8. The standard InChI is InChI=1S/C24H31N5O2/c1-16-19(24(28-27-16)17-10-12-18(31-3)13-11-17)15-23(30)25-14-6-9-22-26-20-7-4-5-8-21(20)29(22)2/h4-5,7-8,10-13,16,19,24,27-28H,6,9,14-15H2,1-3H3,(H,25,30). The van der Waals surface area contributed by atoms with Crippen molar-refractivity contribution in [1.29, 1.82) is 0 Å². The van der Waals surface area contributed by atoms with Crippen LogP contribution < -0.4 is 20.9 Å². The molecule has 3 unspecified atom stereocenters. The Kier molecular flexibility index (Phi) is 6.53.